The molecule has 0 radical (unpaired) electrons. The molecule has 0 heterocycles. The Morgan fingerprint density at radius 1 is 1.48 bits per heavy atom. The molecule has 1 fully saturated rings. The van der Waals surface area contributed by atoms with Gasteiger partial charge in [-0.2, -0.15) is 0 Å². The van der Waals surface area contributed by atoms with Gasteiger partial charge in [0.15, 0.2) is 0 Å². The van der Waals surface area contributed by atoms with Gasteiger partial charge < -0.3 is 10.5 Å². The second-order valence-corrected chi connectivity index (χ2v) is 6.49. The van der Waals surface area contributed by atoms with Crippen molar-refractivity contribution >= 4 is 17.2 Å². The van der Waals surface area contributed by atoms with Gasteiger partial charge in [0.2, 0.25) is 0 Å². The van der Waals surface area contributed by atoms with E-state index in [2.05, 4.69) is 30.9 Å². The van der Waals surface area contributed by atoms with Gasteiger partial charge in [0, 0.05) is 31.8 Å². The van der Waals surface area contributed by atoms with Crippen molar-refractivity contribution in [2.24, 2.45) is 11.7 Å². The molecule has 116 valence electrons. The van der Waals surface area contributed by atoms with Crippen LogP contribution in [0.25, 0.3) is 0 Å². The van der Waals surface area contributed by atoms with Crippen LogP contribution >= 0.6 is 12.2 Å². The predicted molar refractivity (Wildman–Crippen MR) is 91.5 cm³/mol. The van der Waals surface area contributed by atoms with Crippen LogP contribution in [0, 0.1) is 12.8 Å². The summed E-state index contributed by atoms with van der Waals surface area (Å²) in [4.78, 5) is 3.00. The molecule has 1 unspecified atom stereocenters. The van der Waals surface area contributed by atoms with E-state index in [-0.39, 0.29) is 0 Å². The Morgan fingerprint density at radius 2 is 2.19 bits per heavy atom. The zero-order valence-corrected chi connectivity index (χ0v) is 14.1. The summed E-state index contributed by atoms with van der Waals surface area (Å²) in [5.74, 6) is 0.859. The molecule has 1 aromatic rings. The number of aryl methyl sites for hydroxylation is 1. The molecule has 1 aliphatic rings. The van der Waals surface area contributed by atoms with Crippen LogP contribution in [0.2, 0.25) is 0 Å². The van der Waals surface area contributed by atoms with E-state index in [4.69, 9.17) is 22.7 Å². The van der Waals surface area contributed by atoms with Crippen molar-refractivity contribution in [3.63, 3.8) is 0 Å². The summed E-state index contributed by atoms with van der Waals surface area (Å²) < 4.78 is 5.27. The largest absolute Gasteiger partial charge is 0.389 e. The smallest absolute Gasteiger partial charge is 0.103 e. The van der Waals surface area contributed by atoms with Crippen LogP contribution < -0.4 is 5.73 Å². The van der Waals surface area contributed by atoms with Gasteiger partial charge in [-0.3, -0.25) is 4.90 Å². The highest BCUT2D eigenvalue weighted by atomic mass is 32.1. The first-order valence-corrected chi connectivity index (χ1v) is 8.06. The minimum atomic E-state index is 0.465. The Bertz CT molecular complexity index is 500. The maximum Gasteiger partial charge on any atom is 0.103 e. The van der Waals surface area contributed by atoms with Gasteiger partial charge in [-0.25, -0.2) is 0 Å². The molecule has 0 aromatic heterocycles. The Balaban J connectivity index is 2.09. The van der Waals surface area contributed by atoms with Crippen molar-refractivity contribution in [1.82, 2.24) is 4.90 Å². The molecule has 21 heavy (non-hydrogen) atoms. The Kier molecular flexibility index (Phi) is 5.73. The molecule has 0 aliphatic heterocycles. The normalized spacial score (nSPS) is 16.2. The number of thiocarbonyl (C=S) groups is 1. The first kappa shape index (κ1) is 16.4. The molecule has 2 rings (SSSR count). The number of hydrogen-bond acceptors (Lipinski definition) is 3. The highest BCUT2D eigenvalue weighted by Gasteiger charge is 2.31. The number of methoxy groups -OCH3 is 1. The molecule has 1 aromatic carbocycles. The molecular weight excluding hydrogens is 280 g/mol. The second-order valence-electron chi connectivity index (χ2n) is 6.05. The summed E-state index contributed by atoms with van der Waals surface area (Å²) >= 11 is 5.04. The van der Waals surface area contributed by atoms with E-state index in [0.717, 1.165) is 31.2 Å². The first-order valence-electron chi connectivity index (χ1n) is 7.65. The van der Waals surface area contributed by atoms with E-state index in [9.17, 15) is 0 Å². The summed E-state index contributed by atoms with van der Waals surface area (Å²) in [5.41, 5.74) is 9.25. The Morgan fingerprint density at radius 3 is 2.71 bits per heavy atom. The van der Waals surface area contributed by atoms with E-state index in [1.54, 1.807) is 7.11 Å². The third-order valence-corrected chi connectivity index (χ3v) is 4.70. The number of nitrogens with zero attached hydrogens (tertiary/aromatic N) is 1. The number of benzene rings is 1. The molecule has 3 nitrogen and oxygen atoms in total. The standard InChI is InChI=1S/C17H26N2OS/c1-12-10-15(17(18)21)6-7-16(12)11-19(8-9-20-3)13(2)14-4-5-14/h6-7,10,13-14H,4-5,8-9,11H2,1-3H3,(H2,18,21). The van der Waals surface area contributed by atoms with Gasteiger partial charge in [-0.1, -0.05) is 24.4 Å². The quantitative estimate of drug-likeness (QED) is 0.750. The molecule has 1 saturated carbocycles. The summed E-state index contributed by atoms with van der Waals surface area (Å²) in [6.07, 6.45) is 2.73. The monoisotopic (exact) mass is 306 g/mol. The number of hydrogen-bond donors (Lipinski definition) is 1. The van der Waals surface area contributed by atoms with E-state index < -0.39 is 0 Å². The number of nitrogens with two attached hydrogens (primary N) is 1. The summed E-state index contributed by atoms with van der Waals surface area (Å²) in [7, 11) is 1.77. The minimum Gasteiger partial charge on any atom is -0.389 e. The van der Waals surface area contributed by atoms with Crippen LogP contribution in [0.3, 0.4) is 0 Å². The predicted octanol–water partition coefficient (Wildman–Crippen LogP) is 2.88. The third-order valence-electron chi connectivity index (χ3n) is 4.46. The van der Waals surface area contributed by atoms with Crippen LogP contribution in [0.4, 0.5) is 0 Å². The fourth-order valence-electron chi connectivity index (χ4n) is 2.76. The molecule has 0 saturated heterocycles. The number of ether oxygens (including phenoxy) is 1. The molecular formula is C17H26N2OS. The molecule has 1 aliphatic carbocycles. The van der Waals surface area contributed by atoms with Gasteiger partial charge in [-0.05, 0) is 49.8 Å². The summed E-state index contributed by atoms with van der Waals surface area (Å²) in [6.45, 7) is 7.19. The molecule has 0 amide bonds. The molecule has 1 atom stereocenters. The van der Waals surface area contributed by atoms with E-state index in [0.29, 0.717) is 11.0 Å². The lowest BCUT2D eigenvalue weighted by Gasteiger charge is -2.29. The van der Waals surface area contributed by atoms with E-state index in [1.165, 1.54) is 24.0 Å². The SMILES string of the molecule is COCCN(Cc1ccc(C(N)=S)cc1C)C(C)C1CC1. The van der Waals surface area contributed by atoms with Crippen molar-refractivity contribution < 1.29 is 4.74 Å². The van der Waals surface area contributed by atoms with Crippen molar-refractivity contribution in [2.75, 3.05) is 20.3 Å². The van der Waals surface area contributed by atoms with Crippen LogP contribution in [-0.2, 0) is 11.3 Å². The van der Waals surface area contributed by atoms with Gasteiger partial charge in [-0.15, -0.1) is 0 Å². The molecule has 4 heteroatoms. The van der Waals surface area contributed by atoms with Crippen molar-refractivity contribution in [3.8, 4) is 0 Å². The lowest BCUT2D eigenvalue weighted by molar-refractivity contribution is 0.111. The first-order chi connectivity index (χ1) is 10.0. The van der Waals surface area contributed by atoms with E-state index in [1.807, 2.05) is 6.07 Å². The van der Waals surface area contributed by atoms with Crippen molar-refractivity contribution in [3.05, 3.63) is 34.9 Å². The molecule has 2 N–H and O–H groups in total. The highest BCUT2D eigenvalue weighted by Crippen LogP contribution is 2.35. The average Bonchev–Trinajstić information content (AvgIpc) is 3.28. The van der Waals surface area contributed by atoms with E-state index >= 15 is 0 Å². The Hall–Kier alpha value is -0.970. The summed E-state index contributed by atoms with van der Waals surface area (Å²) in [6, 6.07) is 6.90. The lowest BCUT2D eigenvalue weighted by atomic mass is 10.0. The maximum absolute atomic E-state index is 5.70. The van der Waals surface area contributed by atoms with Gasteiger partial charge in [0.25, 0.3) is 0 Å². The lowest BCUT2D eigenvalue weighted by Crippen LogP contribution is -2.36. The summed E-state index contributed by atoms with van der Waals surface area (Å²) in [5, 5.41) is 0. The van der Waals surface area contributed by atoms with Gasteiger partial charge in [0.1, 0.15) is 4.99 Å². The van der Waals surface area contributed by atoms with Crippen LogP contribution in [0.1, 0.15) is 36.5 Å². The highest BCUT2D eigenvalue weighted by molar-refractivity contribution is 7.80. The topological polar surface area (TPSA) is 38.5 Å². The van der Waals surface area contributed by atoms with Crippen molar-refractivity contribution in [2.45, 2.75) is 39.3 Å². The maximum atomic E-state index is 5.70. The minimum absolute atomic E-state index is 0.465. The average molecular weight is 306 g/mol. The van der Waals surface area contributed by atoms with Crippen molar-refractivity contribution in [1.29, 1.82) is 0 Å². The van der Waals surface area contributed by atoms with Gasteiger partial charge >= 0.3 is 0 Å². The third kappa shape index (κ3) is 4.50. The van der Waals surface area contributed by atoms with Crippen LogP contribution in [-0.4, -0.2) is 36.2 Å². The zero-order chi connectivity index (χ0) is 15.4. The second kappa shape index (κ2) is 7.34. The fourth-order valence-corrected chi connectivity index (χ4v) is 2.88. The fraction of sp³-hybridized carbons (Fsp3) is 0.588. The zero-order valence-electron chi connectivity index (χ0n) is 13.3. The number of rotatable bonds is 8. The molecule has 0 spiro atoms. The van der Waals surface area contributed by atoms with Crippen LogP contribution in [0.15, 0.2) is 18.2 Å². The van der Waals surface area contributed by atoms with Gasteiger partial charge in [0.05, 0.1) is 6.61 Å². The molecule has 0 bridgehead atoms. The van der Waals surface area contributed by atoms with Crippen LogP contribution in [0.5, 0.6) is 0 Å². The Labute approximate surface area is 133 Å².